The van der Waals surface area contributed by atoms with E-state index in [9.17, 15) is 29.1 Å². The average molecular weight is 448 g/mol. The summed E-state index contributed by atoms with van der Waals surface area (Å²) in [6, 6.07) is -4.30. The monoisotopic (exact) mass is 447 g/mol. The molecule has 0 aromatic carbocycles. The van der Waals surface area contributed by atoms with Gasteiger partial charge in [-0.15, -0.1) is 0 Å². The van der Waals surface area contributed by atoms with Crippen molar-refractivity contribution in [1.29, 1.82) is 0 Å². The number of carboxylic acids is 1. The second kappa shape index (κ2) is 13.8. The summed E-state index contributed by atoms with van der Waals surface area (Å²) >= 11 is 1.49. The van der Waals surface area contributed by atoms with Crippen LogP contribution in [0.5, 0.6) is 0 Å². The molecule has 5 unspecified atom stereocenters. The third kappa shape index (κ3) is 9.92. The SMILES string of the molecule is CCC(C)C(NC(=O)C(CCSC)NC(=O)C(C)N)C(=O)NC(CC(N)=O)C(=O)O. The molecular weight excluding hydrogens is 414 g/mol. The number of carboxylic acid groups (broad SMARTS) is 1. The Hall–Kier alpha value is -2.34. The van der Waals surface area contributed by atoms with Crippen LogP contribution in [-0.4, -0.2) is 70.9 Å². The fourth-order valence-electron chi connectivity index (χ4n) is 2.43. The van der Waals surface area contributed by atoms with Gasteiger partial charge in [0.05, 0.1) is 12.5 Å². The predicted octanol–water partition coefficient (Wildman–Crippen LogP) is -1.45. The van der Waals surface area contributed by atoms with Crippen LogP contribution in [0.2, 0.25) is 0 Å². The molecule has 0 saturated heterocycles. The van der Waals surface area contributed by atoms with E-state index in [0.717, 1.165) is 0 Å². The zero-order valence-corrected chi connectivity index (χ0v) is 18.6. The molecule has 0 fully saturated rings. The predicted molar refractivity (Wildman–Crippen MR) is 113 cm³/mol. The first-order chi connectivity index (χ1) is 13.9. The number of primary amides is 1. The highest BCUT2D eigenvalue weighted by atomic mass is 32.2. The Labute approximate surface area is 180 Å². The summed E-state index contributed by atoms with van der Waals surface area (Å²) in [6.45, 7) is 5.00. The van der Waals surface area contributed by atoms with Crippen LogP contribution in [0.1, 0.15) is 40.0 Å². The number of rotatable bonds is 14. The number of thioether (sulfide) groups is 1. The van der Waals surface area contributed by atoms with Gasteiger partial charge < -0.3 is 32.5 Å². The molecule has 0 aliphatic heterocycles. The minimum absolute atomic E-state index is 0.319. The van der Waals surface area contributed by atoms with Gasteiger partial charge in [-0.2, -0.15) is 11.8 Å². The van der Waals surface area contributed by atoms with Crippen LogP contribution in [0, 0.1) is 5.92 Å². The third-order valence-corrected chi connectivity index (χ3v) is 5.11. The van der Waals surface area contributed by atoms with Gasteiger partial charge in [-0.1, -0.05) is 20.3 Å². The van der Waals surface area contributed by atoms with Crippen molar-refractivity contribution in [2.45, 2.75) is 64.2 Å². The lowest BCUT2D eigenvalue weighted by molar-refractivity contribution is -0.144. The molecule has 30 heavy (non-hydrogen) atoms. The zero-order valence-electron chi connectivity index (χ0n) is 17.8. The van der Waals surface area contributed by atoms with E-state index < -0.39 is 60.2 Å². The standard InChI is InChI=1S/C18H33N5O6S/c1-5-9(2)14(17(27)22-12(18(28)29)8-13(20)24)23-16(26)11(6-7-30-4)21-15(25)10(3)19/h9-12,14H,5-8,19H2,1-4H3,(H2,20,24)(H,21,25)(H,22,27)(H,23,26)(H,28,29). The van der Waals surface area contributed by atoms with Crippen LogP contribution >= 0.6 is 11.8 Å². The number of aliphatic carboxylic acids is 1. The van der Waals surface area contributed by atoms with E-state index >= 15 is 0 Å². The summed E-state index contributed by atoms with van der Waals surface area (Å²) in [5, 5.41) is 16.6. The van der Waals surface area contributed by atoms with Crippen molar-refractivity contribution in [2.75, 3.05) is 12.0 Å². The molecule has 0 spiro atoms. The van der Waals surface area contributed by atoms with Crippen molar-refractivity contribution in [1.82, 2.24) is 16.0 Å². The summed E-state index contributed by atoms with van der Waals surface area (Å²) in [5.74, 6) is -3.91. The summed E-state index contributed by atoms with van der Waals surface area (Å²) in [4.78, 5) is 59.8. The number of nitrogens with two attached hydrogens (primary N) is 2. The lowest BCUT2D eigenvalue weighted by Gasteiger charge is -2.27. The maximum atomic E-state index is 12.8. The van der Waals surface area contributed by atoms with Gasteiger partial charge in [0.25, 0.3) is 0 Å². The summed E-state index contributed by atoms with van der Waals surface area (Å²) in [6.07, 6.45) is 2.10. The van der Waals surface area contributed by atoms with Crippen LogP contribution in [0.4, 0.5) is 0 Å². The largest absolute Gasteiger partial charge is 0.480 e. The average Bonchev–Trinajstić information content (AvgIpc) is 2.66. The first kappa shape index (κ1) is 27.7. The molecule has 0 aliphatic rings. The Balaban J connectivity index is 5.46. The zero-order chi connectivity index (χ0) is 23.4. The highest BCUT2D eigenvalue weighted by molar-refractivity contribution is 7.98. The Kier molecular flexibility index (Phi) is 12.7. The highest BCUT2D eigenvalue weighted by Gasteiger charge is 2.32. The van der Waals surface area contributed by atoms with E-state index in [1.807, 2.05) is 6.26 Å². The Morgan fingerprint density at radius 2 is 1.53 bits per heavy atom. The summed E-state index contributed by atoms with van der Waals surface area (Å²) in [7, 11) is 0. The molecule has 0 rings (SSSR count). The van der Waals surface area contributed by atoms with Crippen molar-refractivity contribution in [3.8, 4) is 0 Å². The molecule has 0 radical (unpaired) electrons. The smallest absolute Gasteiger partial charge is 0.326 e. The van der Waals surface area contributed by atoms with Gasteiger partial charge in [0.2, 0.25) is 23.6 Å². The van der Waals surface area contributed by atoms with Crippen molar-refractivity contribution in [3.63, 3.8) is 0 Å². The maximum Gasteiger partial charge on any atom is 0.326 e. The van der Waals surface area contributed by atoms with Crippen molar-refractivity contribution >= 4 is 41.4 Å². The quantitative estimate of drug-likeness (QED) is 0.186. The fraction of sp³-hybridized carbons (Fsp3) is 0.722. The molecule has 0 aromatic rings. The molecule has 12 heteroatoms. The normalized spacial score (nSPS) is 15.8. The van der Waals surface area contributed by atoms with Crippen molar-refractivity contribution in [3.05, 3.63) is 0 Å². The lowest BCUT2D eigenvalue weighted by Crippen LogP contribution is -2.58. The Morgan fingerprint density at radius 3 is 1.97 bits per heavy atom. The summed E-state index contributed by atoms with van der Waals surface area (Å²) in [5.41, 5.74) is 10.6. The minimum atomic E-state index is -1.51. The van der Waals surface area contributed by atoms with Gasteiger partial charge in [0.15, 0.2) is 0 Å². The van der Waals surface area contributed by atoms with Gasteiger partial charge in [-0.25, -0.2) is 4.79 Å². The topological polar surface area (TPSA) is 194 Å². The minimum Gasteiger partial charge on any atom is -0.480 e. The van der Waals surface area contributed by atoms with Gasteiger partial charge in [0.1, 0.15) is 18.1 Å². The molecule has 4 amide bonds. The van der Waals surface area contributed by atoms with Crippen molar-refractivity contribution < 1.29 is 29.1 Å². The van der Waals surface area contributed by atoms with Gasteiger partial charge in [-0.05, 0) is 31.3 Å². The molecule has 5 atom stereocenters. The molecule has 0 heterocycles. The number of nitrogens with one attached hydrogen (secondary N) is 3. The van der Waals surface area contributed by atoms with E-state index in [1.54, 1.807) is 13.8 Å². The van der Waals surface area contributed by atoms with E-state index in [4.69, 9.17) is 11.5 Å². The Bertz CT molecular complexity index is 630. The van der Waals surface area contributed by atoms with Crippen LogP contribution in [0.3, 0.4) is 0 Å². The number of hydrogen-bond donors (Lipinski definition) is 6. The van der Waals surface area contributed by atoms with Crippen LogP contribution in [0.15, 0.2) is 0 Å². The number of hydrogen-bond acceptors (Lipinski definition) is 7. The third-order valence-electron chi connectivity index (χ3n) is 4.47. The fourth-order valence-corrected chi connectivity index (χ4v) is 2.90. The summed E-state index contributed by atoms with van der Waals surface area (Å²) < 4.78 is 0. The molecule has 8 N–H and O–H groups in total. The number of carbonyl (C=O) groups is 5. The molecular formula is C18H33N5O6S. The highest BCUT2D eigenvalue weighted by Crippen LogP contribution is 2.10. The molecule has 172 valence electrons. The molecule has 11 nitrogen and oxygen atoms in total. The second-order valence-electron chi connectivity index (χ2n) is 7.07. The van der Waals surface area contributed by atoms with Gasteiger partial charge >= 0.3 is 5.97 Å². The molecule has 0 aromatic heterocycles. The number of carbonyl (C=O) groups excluding carboxylic acids is 4. The van der Waals surface area contributed by atoms with E-state index in [2.05, 4.69) is 16.0 Å². The molecule has 0 saturated carbocycles. The van der Waals surface area contributed by atoms with Crippen LogP contribution < -0.4 is 27.4 Å². The van der Waals surface area contributed by atoms with Crippen LogP contribution in [-0.2, 0) is 24.0 Å². The van der Waals surface area contributed by atoms with Crippen LogP contribution in [0.25, 0.3) is 0 Å². The van der Waals surface area contributed by atoms with Gasteiger partial charge in [0, 0.05) is 0 Å². The Morgan fingerprint density at radius 1 is 0.967 bits per heavy atom. The second-order valence-corrected chi connectivity index (χ2v) is 8.06. The first-order valence-electron chi connectivity index (χ1n) is 9.61. The van der Waals surface area contributed by atoms with Gasteiger partial charge in [-0.3, -0.25) is 19.2 Å². The van der Waals surface area contributed by atoms with E-state index in [1.165, 1.54) is 18.7 Å². The number of amides is 4. The van der Waals surface area contributed by atoms with Crippen molar-refractivity contribution in [2.24, 2.45) is 17.4 Å². The lowest BCUT2D eigenvalue weighted by atomic mass is 9.97. The molecule has 0 aliphatic carbocycles. The van der Waals surface area contributed by atoms with E-state index in [0.29, 0.717) is 18.6 Å². The first-order valence-corrected chi connectivity index (χ1v) is 11.0. The molecule has 0 bridgehead atoms. The maximum absolute atomic E-state index is 12.8. The van der Waals surface area contributed by atoms with E-state index in [-0.39, 0.29) is 5.92 Å².